The van der Waals surface area contributed by atoms with Gasteiger partial charge in [-0.1, -0.05) is 25.5 Å². The molecule has 1 heterocycles. The molecule has 0 aromatic carbocycles. The normalized spacial score (nSPS) is 22.0. The summed E-state index contributed by atoms with van der Waals surface area (Å²) < 4.78 is 28.9. The molecule has 2 rings (SSSR count). The van der Waals surface area contributed by atoms with E-state index in [9.17, 15) is 8.42 Å². The molecular weight excluding hydrogens is 298 g/mol. The van der Waals surface area contributed by atoms with Crippen molar-refractivity contribution in [3.8, 4) is 0 Å². The maximum atomic E-state index is 12.3. The average molecular weight is 330 g/mol. The first-order valence-electron chi connectivity index (χ1n) is 8.72. The average Bonchev–Trinajstić information content (AvgIpc) is 2.51. The van der Waals surface area contributed by atoms with Crippen LogP contribution in [0.1, 0.15) is 52.4 Å². The van der Waals surface area contributed by atoms with Crippen LogP contribution in [-0.2, 0) is 10.2 Å². The minimum absolute atomic E-state index is 0.0854. The quantitative estimate of drug-likeness (QED) is 0.728. The van der Waals surface area contributed by atoms with E-state index in [1.54, 1.807) is 5.57 Å². The first-order chi connectivity index (χ1) is 10.5. The highest BCUT2D eigenvalue weighted by Crippen LogP contribution is 2.20. The highest BCUT2D eigenvalue weighted by molar-refractivity contribution is 7.87. The third-order valence-corrected chi connectivity index (χ3v) is 6.59. The van der Waals surface area contributed by atoms with Gasteiger partial charge in [0.15, 0.2) is 0 Å². The van der Waals surface area contributed by atoms with Gasteiger partial charge in [0.05, 0.1) is 0 Å². The molecule has 0 atom stereocenters. The molecule has 0 saturated carbocycles. The predicted octanol–water partition coefficient (Wildman–Crippen LogP) is 2.13. The molecule has 6 heteroatoms. The van der Waals surface area contributed by atoms with Crippen LogP contribution in [0.25, 0.3) is 0 Å². The van der Waals surface area contributed by atoms with Crippen LogP contribution in [0.3, 0.4) is 0 Å². The molecule has 0 spiro atoms. The van der Waals surface area contributed by atoms with Crippen LogP contribution < -0.4 is 4.72 Å². The molecule has 1 saturated heterocycles. The number of nitrogens with zero attached hydrogens (tertiary/aromatic N) is 2. The monoisotopic (exact) mass is 329 g/mol. The molecule has 5 nitrogen and oxygen atoms in total. The Morgan fingerprint density at radius 1 is 1.23 bits per heavy atom. The summed E-state index contributed by atoms with van der Waals surface area (Å²) in [5, 5.41) is 0. The summed E-state index contributed by atoms with van der Waals surface area (Å²) in [6.45, 7) is 7.87. The van der Waals surface area contributed by atoms with Gasteiger partial charge in [0.2, 0.25) is 0 Å². The van der Waals surface area contributed by atoms with Crippen LogP contribution in [0.4, 0.5) is 0 Å². The standard InChI is InChI=1S/C16H31N3O2S/c1-3-19(4-2)22(20,21)17-16-10-12-18(13-11-16)14-15-8-6-5-7-9-15/h8,16-17H,3-7,9-14H2,1-2H3. The second-order valence-corrected chi connectivity index (χ2v) is 8.07. The van der Waals surface area contributed by atoms with Gasteiger partial charge in [-0.15, -0.1) is 0 Å². The number of hydrogen-bond acceptors (Lipinski definition) is 3. The number of nitrogens with one attached hydrogen (secondary N) is 1. The minimum atomic E-state index is -3.31. The van der Waals surface area contributed by atoms with Gasteiger partial charge in [0.1, 0.15) is 0 Å². The van der Waals surface area contributed by atoms with E-state index in [4.69, 9.17) is 0 Å². The third kappa shape index (κ3) is 5.05. The number of piperidine rings is 1. The van der Waals surface area contributed by atoms with E-state index in [0.717, 1.165) is 32.5 Å². The Morgan fingerprint density at radius 3 is 2.45 bits per heavy atom. The van der Waals surface area contributed by atoms with Gasteiger partial charge in [0.25, 0.3) is 10.2 Å². The zero-order chi connectivity index (χ0) is 16.0. The lowest BCUT2D eigenvalue weighted by atomic mass is 9.98. The van der Waals surface area contributed by atoms with Crippen molar-refractivity contribution in [2.45, 2.75) is 58.4 Å². The fourth-order valence-electron chi connectivity index (χ4n) is 3.39. The van der Waals surface area contributed by atoms with Crippen LogP contribution in [0.5, 0.6) is 0 Å². The lowest BCUT2D eigenvalue weighted by molar-refractivity contribution is 0.218. The number of allylic oxidation sites excluding steroid dienone is 1. The second-order valence-electron chi connectivity index (χ2n) is 6.37. The summed E-state index contributed by atoms with van der Waals surface area (Å²) in [6, 6.07) is 0.0854. The molecule has 1 N–H and O–H groups in total. The molecule has 0 aromatic rings. The van der Waals surface area contributed by atoms with E-state index in [1.807, 2.05) is 13.8 Å². The smallest absolute Gasteiger partial charge is 0.279 e. The van der Waals surface area contributed by atoms with Gasteiger partial charge in [-0.05, 0) is 51.6 Å². The summed E-state index contributed by atoms with van der Waals surface area (Å²) in [5.74, 6) is 0. The van der Waals surface area contributed by atoms with Crippen molar-refractivity contribution in [1.82, 2.24) is 13.9 Å². The molecule has 128 valence electrons. The lowest BCUT2D eigenvalue weighted by Crippen LogP contribution is -2.49. The van der Waals surface area contributed by atoms with Crippen molar-refractivity contribution in [2.24, 2.45) is 0 Å². The van der Waals surface area contributed by atoms with E-state index in [0.29, 0.717) is 13.1 Å². The van der Waals surface area contributed by atoms with Crippen LogP contribution in [-0.4, -0.2) is 56.4 Å². The number of likely N-dealkylation sites (tertiary alicyclic amines) is 1. The molecule has 1 aliphatic carbocycles. The molecule has 0 bridgehead atoms. The SMILES string of the molecule is CCN(CC)S(=O)(=O)NC1CCN(CC2=CCCCC2)CC1. The number of hydrogen-bond donors (Lipinski definition) is 1. The van der Waals surface area contributed by atoms with Crippen LogP contribution >= 0.6 is 0 Å². The molecule has 1 fully saturated rings. The largest absolute Gasteiger partial charge is 0.299 e. The van der Waals surface area contributed by atoms with E-state index >= 15 is 0 Å². The summed E-state index contributed by atoms with van der Waals surface area (Å²) in [4.78, 5) is 2.47. The first kappa shape index (κ1) is 17.9. The van der Waals surface area contributed by atoms with Crippen molar-refractivity contribution in [2.75, 3.05) is 32.7 Å². The third-order valence-electron chi connectivity index (χ3n) is 4.76. The predicted molar refractivity (Wildman–Crippen MR) is 91.0 cm³/mol. The Bertz CT molecular complexity index is 464. The Hall–Kier alpha value is -0.430. The topological polar surface area (TPSA) is 52.7 Å². The van der Waals surface area contributed by atoms with Crippen molar-refractivity contribution in [3.63, 3.8) is 0 Å². The molecular formula is C16H31N3O2S. The van der Waals surface area contributed by atoms with Crippen LogP contribution in [0, 0.1) is 0 Å². The highest BCUT2D eigenvalue weighted by Gasteiger charge is 2.26. The van der Waals surface area contributed by atoms with Gasteiger partial charge >= 0.3 is 0 Å². The van der Waals surface area contributed by atoms with Crippen LogP contribution in [0.2, 0.25) is 0 Å². The molecule has 1 aliphatic heterocycles. The highest BCUT2D eigenvalue weighted by atomic mass is 32.2. The fraction of sp³-hybridized carbons (Fsp3) is 0.875. The molecule has 2 aliphatic rings. The summed E-state index contributed by atoms with van der Waals surface area (Å²) in [6.07, 6.45) is 9.36. The van der Waals surface area contributed by atoms with Gasteiger partial charge in [-0.2, -0.15) is 17.4 Å². The first-order valence-corrected chi connectivity index (χ1v) is 10.2. The van der Waals surface area contributed by atoms with Crippen LogP contribution in [0.15, 0.2) is 11.6 Å². The van der Waals surface area contributed by atoms with Gasteiger partial charge in [-0.25, -0.2) is 0 Å². The second kappa shape index (κ2) is 8.43. The molecule has 0 aromatic heterocycles. The minimum Gasteiger partial charge on any atom is -0.299 e. The zero-order valence-corrected chi connectivity index (χ0v) is 14.9. The fourth-order valence-corrected chi connectivity index (χ4v) is 4.88. The molecule has 22 heavy (non-hydrogen) atoms. The van der Waals surface area contributed by atoms with Crippen molar-refractivity contribution < 1.29 is 8.42 Å². The Morgan fingerprint density at radius 2 is 1.91 bits per heavy atom. The Kier molecular flexibility index (Phi) is 6.87. The molecule has 0 amide bonds. The zero-order valence-electron chi connectivity index (χ0n) is 14.1. The van der Waals surface area contributed by atoms with Crippen molar-refractivity contribution >= 4 is 10.2 Å². The number of rotatable bonds is 7. The maximum Gasteiger partial charge on any atom is 0.279 e. The molecule has 0 unspecified atom stereocenters. The van der Waals surface area contributed by atoms with E-state index < -0.39 is 10.2 Å². The van der Waals surface area contributed by atoms with Gasteiger partial charge in [-0.3, -0.25) is 4.90 Å². The van der Waals surface area contributed by atoms with Gasteiger partial charge in [0, 0.05) is 25.7 Å². The summed E-state index contributed by atoms with van der Waals surface area (Å²) in [7, 11) is -3.31. The lowest BCUT2D eigenvalue weighted by Gasteiger charge is -2.34. The summed E-state index contributed by atoms with van der Waals surface area (Å²) in [5.41, 5.74) is 1.58. The van der Waals surface area contributed by atoms with E-state index in [2.05, 4.69) is 15.7 Å². The molecule has 0 radical (unpaired) electrons. The van der Waals surface area contributed by atoms with E-state index in [-0.39, 0.29) is 6.04 Å². The maximum absolute atomic E-state index is 12.3. The Balaban J connectivity index is 1.78. The van der Waals surface area contributed by atoms with Crippen molar-refractivity contribution in [1.29, 1.82) is 0 Å². The van der Waals surface area contributed by atoms with E-state index in [1.165, 1.54) is 30.0 Å². The van der Waals surface area contributed by atoms with Crippen molar-refractivity contribution in [3.05, 3.63) is 11.6 Å². The van der Waals surface area contributed by atoms with Gasteiger partial charge < -0.3 is 0 Å². The Labute approximate surface area is 135 Å². The summed E-state index contributed by atoms with van der Waals surface area (Å²) >= 11 is 0.